The van der Waals surface area contributed by atoms with E-state index in [1.807, 2.05) is 20.8 Å². The highest BCUT2D eigenvalue weighted by atomic mass is 16.4. The number of nitrogens with zero attached hydrogens (tertiary/aromatic N) is 1. The smallest absolute Gasteiger partial charge is 0.339 e. The summed E-state index contributed by atoms with van der Waals surface area (Å²) in [6.07, 6.45) is 0. The van der Waals surface area contributed by atoms with Gasteiger partial charge < -0.3 is 19.8 Å². The predicted molar refractivity (Wildman–Crippen MR) is 89.9 cm³/mol. The van der Waals surface area contributed by atoms with Gasteiger partial charge in [0.1, 0.15) is 28.5 Å². The number of aromatic carboxylic acids is 1. The predicted octanol–water partition coefficient (Wildman–Crippen LogP) is 1.91. The van der Waals surface area contributed by atoms with Crippen molar-refractivity contribution in [2.75, 3.05) is 0 Å². The number of carboxylic acids is 1. The van der Waals surface area contributed by atoms with Crippen LogP contribution in [0.5, 0.6) is 0 Å². The Morgan fingerprint density at radius 2 is 1.96 bits per heavy atom. The SMILES string of the molecule is Cc1nc(C(C)(C)C)[nH]c(=O)c1C(=O)NCc1cc(C(=O)O)c(C)o1. The van der Waals surface area contributed by atoms with Gasteiger partial charge in [0, 0.05) is 5.41 Å². The largest absolute Gasteiger partial charge is 0.478 e. The Morgan fingerprint density at radius 1 is 1.32 bits per heavy atom. The second-order valence-electron chi connectivity index (χ2n) is 6.80. The van der Waals surface area contributed by atoms with Gasteiger partial charge in [0.2, 0.25) is 0 Å². The molecule has 0 radical (unpaired) electrons. The maximum Gasteiger partial charge on any atom is 0.339 e. The lowest BCUT2D eigenvalue weighted by atomic mass is 9.95. The fourth-order valence-corrected chi connectivity index (χ4v) is 2.31. The third-order valence-electron chi connectivity index (χ3n) is 3.66. The summed E-state index contributed by atoms with van der Waals surface area (Å²) in [6.45, 7) is 8.81. The molecule has 0 aliphatic heterocycles. The fourth-order valence-electron chi connectivity index (χ4n) is 2.31. The van der Waals surface area contributed by atoms with Crippen LogP contribution in [0.25, 0.3) is 0 Å². The average Bonchev–Trinajstić information content (AvgIpc) is 2.84. The summed E-state index contributed by atoms with van der Waals surface area (Å²) in [5.41, 5.74) is -0.577. The molecule has 2 heterocycles. The number of carbonyl (C=O) groups is 2. The number of hydrogen-bond donors (Lipinski definition) is 3. The number of H-pyrrole nitrogens is 1. The van der Waals surface area contributed by atoms with Crippen LogP contribution in [0.3, 0.4) is 0 Å². The van der Waals surface area contributed by atoms with E-state index in [1.54, 1.807) is 6.92 Å². The van der Waals surface area contributed by atoms with Gasteiger partial charge in [-0.15, -0.1) is 0 Å². The number of hydrogen-bond acceptors (Lipinski definition) is 5. The molecule has 0 aliphatic carbocycles. The maximum atomic E-state index is 12.3. The van der Waals surface area contributed by atoms with Gasteiger partial charge in [-0.3, -0.25) is 9.59 Å². The first kappa shape index (κ1) is 18.4. The zero-order valence-electron chi connectivity index (χ0n) is 14.8. The van der Waals surface area contributed by atoms with Gasteiger partial charge in [-0.25, -0.2) is 9.78 Å². The van der Waals surface area contributed by atoms with Crippen LogP contribution in [-0.2, 0) is 12.0 Å². The summed E-state index contributed by atoms with van der Waals surface area (Å²) in [7, 11) is 0. The summed E-state index contributed by atoms with van der Waals surface area (Å²) in [5, 5.41) is 11.5. The molecule has 0 unspecified atom stereocenters. The number of rotatable bonds is 4. The Bertz CT molecular complexity index is 887. The standard InChI is InChI=1S/C17H21N3O5/c1-8-12(14(22)20-16(19-8)17(3,4)5)13(21)18-7-10-6-11(15(23)24)9(2)25-10/h6H,7H2,1-5H3,(H,18,21)(H,23,24)(H,19,20,22). The van der Waals surface area contributed by atoms with Crippen LogP contribution in [0.4, 0.5) is 0 Å². The van der Waals surface area contributed by atoms with E-state index in [2.05, 4.69) is 15.3 Å². The van der Waals surface area contributed by atoms with Crippen LogP contribution in [0.15, 0.2) is 15.3 Å². The number of aromatic amines is 1. The molecule has 0 fully saturated rings. The summed E-state index contributed by atoms with van der Waals surface area (Å²) >= 11 is 0. The zero-order valence-corrected chi connectivity index (χ0v) is 14.8. The summed E-state index contributed by atoms with van der Waals surface area (Å²) in [4.78, 5) is 42.5. The maximum absolute atomic E-state index is 12.3. The topological polar surface area (TPSA) is 125 Å². The minimum atomic E-state index is -1.10. The molecule has 3 N–H and O–H groups in total. The third-order valence-corrected chi connectivity index (χ3v) is 3.66. The highest BCUT2D eigenvalue weighted by Gasteiger charge is 2.22. The number of furan rings is 1. The van der Waals surface area contributed by atoms with Gasteiger partial charge in [0.25, 0.3) is 11.5 Å². The minimum Gasteiger partial charge on any atom is -0.478 e. The van der Waals surface area contributed by atoms with Crippen molar-refractivity contribution in [3.05, 3.63) is 50.6 Å². The molecule has 0 aliphatic rings. The zero-order chi connectivity index (χ0) is 18.9. The van der Waals surface area contributed by atoms with Crippen molar-refractivity contribution in [2.45, 2.75) is 46.6 Å². The minimum absolute atomic E-state index is 0.0349. The average molecular weight is 347 g/mol. The van der Waals surface area contributed by atoms with E-state index < -0.39 is 17.4 Å². The summed E-state index contributed by atoms with van der Waals surface area (Å²) in [6, 6.07) is 1.34. The molecule has 2 aromatic heterocycles. The molecular formula is C17H21N3O5. The number of carbonyl (C=O) groups excluding carboxylic acids is 1. The van der Waals surface area contributed by atoms with E-state index in [9.17, 15) is 14.4 Å². The number of aryl methyl sites for hydroxylation is 2. The van der Waals surface area contributed by atoms with Gasteiger partial charge in [-0.05, 0) is 19.9 Å². The van der Waals surface area contributed by atoms with E-state index in [-0.39, 0.29) is 34.6 Å². The van der Waals surface area contributed by atoms with Crippen molar-refractivity contribution < 1.29 is 19.1 Å². The van der Waals surface area contributed by atoms with E-state index in [0.717, 1.165) is 0 Å². The molecular weight excluding hydrogens is 326 g/mol. The quantitative estimate of drug-likeness (QED) is 0.776. The molecule has 0 bridgehead atoms. The van der Waals surface area contributed by atoms with Gasteiger partial charge in [0.05, 0.1) is 12.2 Å². The monoisotopic (exact) mass is 347 g/mol. The second-order valence-corrected chi connectivity index (χ2v) is 6.80. The Balaban J connectivity index is 2.20. The lowest BCUT2D eigenvalue weighted by Gasteiger charge is -2.18. The summed E-state index contributed by atoms with van der Waals surface area (Å²) < 4.78 is 5.29. The van der Waals surface area contributed by atoms with E-state index in [4.69, 9.17) is 9.52 Å². The van der Waals surface area contributed by atoms with E-state index in [1.165, 1.54) is 13.0 Å². The van der Waals surface area contributed by atoms with Gasteiger partial charge >= 0.3 is 5.97 Å². The van der Waals surface area contributed by atoms with Crippen LogP contribution >= 0.6 is 0 Å². The molecule has 2 aromatic rings. The molecule has 134 valence electrons. The number of nitrogens with one attached hydrogen (secondary N) is 2. The molecule has 0 saturated carbocycles. The van der Waals surface area contributed by atoms with Crippen molar-refractivity contribution in [3.8, 4) is 0 Å². The molecule has 8 heteroatoms. The number of aromatic nitrogens is 2. The van der Waals surface area contributed by atoms with Crippen molar-refractivity contribution in [1.82, 2.24) is 15.3 Å². The second kappa shape index (κ2) is 6.54. The van der Waals surface area contributed by atoms with Gasteiger partial charge in [0.15, 0.2) is 0 Å². The molecule has 2 rings (SSSR count). The molecule has 0 atom stereocenters. The molecule has 0 aromatic carbocycles. The molecule has 1 amide bonds. The normalized spacial score (nSPS) is 11.4. The van der Waals surface area contributed by atoms with Crippen LogP contribution in [0.2, 0.25) is 0 Å². The highest BCUT2D eigenvalue weighted by Crippen LogP contribution is 2.18. The molecule has 8 nitrogen and oxygen atoms in total. The van der Waals surface area contributed by atoms with Crippen molar-refractivity contribution in [3.63, 3.8) is 0 Å². The Hall–Kier alpha value is -2.90. The van der Waals surface area contributed by atoms with Crippen molar-refractivity contribution >= 4 is 11.9 Å². The first-order valence-electron chi connectivity index (χ1n) is 7.73. The Kier molecular flexibility index (Phi) is 4.82. The first-order chi connectivity index (χ1) is 11.5. The van der Waals surface area contributed by atoms with Gasteiger partial charge in [-0.2, -0.15) is 0 Å². The Labute approximate surface area is 144 Å². The Morgan fingerprint density at radius 3 is 2.44 bits per heavy atom. The summed E-state index contributed by atoms with van der Waals surface area (Å²) in [5.74, 6) is -0.663. The third kappa shape index (κ3) is 3.96. The van der Waals surface area contributed by atoms with Gasteiger partial charge in [-0.1, -0.05) is 20.8 Å². The van der Waals surface area contributed by atoms with Crippen LogP contribution in [-0.4, -0.2) is 27.0 Å². The molecule has 0 saturated heterocycles. The highest BCUT2D eigenvalue weighted by molar-refractivity contribution is 5.94. The lowest BCUT2D eigenvalue weighted by Crippen LogP contribution is -2.33. The first-order valence-corrected chi connectivity index (χ1v) is 7.73. The molecule has 0 spiro atoms. The van der Waals surface area contributed by atoms with Crippen LogP contribution in [0.1, 0.15) is 64.5 Å². The van der Waals surface area contributed by atoms with Crippen LogP contribution < -0.4 is 10.9 Å². The van der Waals surface area contributed by atoms with E-state index in [0.29, 0.717) is 11.5 Å². The van der Waals surface area contributed by atoms with Crippen molar-refractivity contribution in [2.24, 2.45) is 0 Å². The number of carboxylic acid groups (broad SMARTS) is 1. The fraction of sp³-hybridized carbons (Fsp3) is 0.412. The lowest BCUT2D eigenvalue weighted by molar-refractivity contribution is 0.0694. The number of amides is 1. The van der Waals surface area contributed by atoms with E-state index >= 15 is 0 Å². The molecule has 25 heavy (non-hydrogen) atoms. The van der Waals surface area contributed by atoms with Crippen LogP contribution in [0, 0.1) is 13.8 Å². The van der Waals surface area contributed by atoms with Crippen molar-refractivity contribution in [1.29, 1.82) is 0 Å².